The minimum atomic E-state index is -0.981. The minimum absolute atomic E-state index is 0.0440. The molecule has 0 radical (unpaired) electrons. The number of benzene rings is 1. The molecule has 0 amide bonds. The third-order valence-corrected chi connectivity index (χ3v) is 1.76. The van der Waals surface area contributed by atoms with Gasteiger partial charge in [-0.15, -0.1) is 0 Å². The second-order valence-corrected chi connectivity index (χ2v) is 2.99. The van der Waals surface area contributed by atoms with Gasteiger partial charge < -0.3 is 14.9 Å². The molecule has 0 spiro atoms. The van der Waals surface area contributed by atoms with Crippen molar-refractivity contribution in [1.82, 2.24) is 0 Å². The smallest absolute Gasteiger partial charge is 0.327 e. The number of aromatic hydroxyl groups is 1. The van der Waals surface area contributed by atoms with E-state index < -0.39 is 5.97 Å². The van der Waals surface area contributed by atoms with Crippen molar-refractivity contribution >= 4 is 11.8 Å². The Morgan fingerprint density at radius 2 is 1.94 bits per heavy atom. The summed E-state index contributed by atoms with van der Waals surface area (Å²) in [6.07, 6.45) is 0.833. The van der Waals surface area contributed by atoms with Gasteiger partial charge in [0.2, 0.25) is 0 Å². The van der Waals surface area contributed by atoms with Gasteiger partial charge in [-0.05, 0) is 25.1 Å². The van der Waals surface area contributed by atoms with E-state index in [2.05, 4.69) is 6.58 Å². The number of phenolic OH excluding ortho intramolecular Hbond substituents is 1. The number of hydrogen-bond donors (Lipinski definition) is 2. The molecule has 17 heavy (non-hydrogen) atoms. The first-order valence-electron chi connectivity index (χ1n) is 4.65. The van der Waals surface area contributed by atoms with E-state index in [4.69, 9.17) is 9.84 Å². The summed E-state index contributed by atoms with van der Waals surface area (Å²) in [6, 6.07) is 4.51. The summed E-state index contributed by atoms with van der Waals surface area (Å²) in [4.78, 5) is 20.1. The number of aliphatic carboxylic acids is 1. The van der Waals surface area contributed by atoms with Crippen LogP contribution in [0.15, 0.2) is 30.9 Å². The SMILES string of the molecule is C=CC(=O)O.COc1cc(C(C)=O)ccc1O. The van der Waals surface area contributed by atoms with E-state index in [0.29, 0.717) is 11.3 Å². The molecule has 0 aromatic heterocycles. The molecule has 0 fully saturated rings. The number of ether oxygens (including phenoxy) is 1. The van der Waals surface area contributed by atoms with Gasteiger partial charge in [0.15, 0.2) is 17.3 Å². The van der Waals surface area contributed by atoms with Crippen LogP contribution in [0.25, 0.3) is 0 Å². The van der Waals surface area contributed by atoms with Crippen molar-refractivity contribution in [3.05, 3.63) is 36.4 Å². The molecular formula is C12H14O5. The summed E-state index contributed by atoms with van der Waals surface area (Å²) >= 11 is 0. The third kappa shape index (κ3) is 5.36. The van der Waals surface area contributed by atoms with Gasteiger partial charge in [-0.25, -0.2) is 4.79 Å². The van der Waals surface area contributed by atoms with Crippen LogP contribution >= 0.6 is 0 Å². The van der Waals surface area contributed by atoms with E-state index in [0.717, 1.165) is 6.08 Å². The summed E-state index contributed by atoms with van der Waals surface area (Å²) in [7, 11) is 1.44. The van der Waals surface area contributed by atoms with Crippen molar-refractivity contribution in [2.24, 2.45) is 0 Å². The number of methoxy groups -OCH3 is 1. The molecule has 0 bridgehead atoms. The first kappa shape index (κ1) is 14.7. The minimum Gasteiger partial charge on any atom is -0.504 e. The maximum Gasteiger partial charge on any atom is 0.327 e. The molecule has 0 saturated heterocycles. The average Bonchev–Trinajstić information content (AvgIpc) is 2.30. The highest BCUT2D eigenvalue weighted by molar-refractivity contribution is 5.94. The lowest BCUT2D eigenvalue weighted by atomic mass is 10.1. The largest absolute Gasteiger partial charge is 0.504 e. The Morgan fingerprint density at radius 1 is 1.41 bits per heavy atom. The molecule has 0 aliphatic rings. The third-order valence-electron chi connectivity index (χ3n) is 1.76. The standard InChI is InChI=1S/C9H10O3.C3H4O2/c1-6(10)7-3-4-8(11)9(5-7)12-2;1-2-3(4)5/h3-5,11H,1-2H3;2H,1H2,(H,4,5). The topological polar surface area (TPSA) is 83.8 Å². The van der Waals surface area contributed by atoms with Crippen LogP contribution in [0.5, 0.6) is 11.5 Å². The normalized spacial score (nSPS) is 8.59. The second-order valence-electron chi connectivity index (χ2n) is 2.99. The fourth-order valence-electron chi connectivity index (χ4n) is 0.897. The lowest BCUT2D eigenvalue weighted by Crippen LogP contribution is -1.92. The highest BCUT2D eigenvalue weighted by atomic mass is 16.5. The molecule has 0 saturated carbocycles. The molecule has 5 nitrogen and oxygen atoms in total. The van der Waals surface area contributed by atoms with Crippen molar-refractivity contribution in [2.45, 2.75) is 6.92 Å². The predicted octanol–water partition coefficient (Wildman–Crippen LogP) is 1.86. The molecule has 92 valence electrons. The van der Waals surface area contributed by atoms with Crippen LogP contribution in [0.4, 0.5) is 0 Å². The highest BCUT2D eigenvalue weighted by Crippen LogP contribution is 2.26. The number of Topliss-reactive ketones (excluding diaryl/α,β-unsaturated/α-hetero) is 1. The number of carboxylic acid groups (broad SMARTS) is 1. The van der Waals surface area contributed by atoms with E-state index in [9.17, 15) is 14.7 Å². The van der Waals surface area contributed by atoms with Crippen molar-refractivity contribution in [2.75, 3.05) is 7.11 Å². The molecule has 0 aliphatic heterocycles. The molecule has 0 atom stereocenters. The van der Waals surface area contributed by atoms with E-state index in [1.165, 1.54) is 26.2 Å². The van der Waals surface area contributed by atoms with Crippen LogP contribution in [-0.2, 0) is 4.79 Å². The number of phenols is 1. The van der Waals surface area contributed by atoms with Gasteiger partial charge in [-0.2, -0.15) is 0 Å². The second kappa shape index (κ2) is 7.05. The van der Waals surface area contributed by atoms with Crippen LogP contribution in [0.3, 0.4) is 0 Å². The first-order chi connectivity index (χ1) is 7.92. The summed E-state index contributed by atoms with van der Waals surface area (Å²) in [5.74, 6) is -0.663. The summed E-state index contributed by atoms with van der Waals surface area (Å²) in [5, 5.41) is 16.8. The van der Waals surface area contributed by atoms with Crippen LogP contribution < -0.4 is 4.74 Å². The molecule has 0 aliphatic carbocycles. The Labute approximate surface area is 99.0 Å². The summed E-state index contributed by atoms with van der Waals surface area (Å²) < 4.78 is 4.83. The number of hydrogen-bond acceptors (Lipinski definition) is 4. The van der Waals surface area contributed by atoms with Gasteiger partial charge in [0.1, 0.15) is 0 Å². The van der Waals surface area contributed by atoms with Gasteiger partial charge >= 0.3 is 5.97 Å². The van der Waals surface area contributed by atoms with Crippen LogP contribution in [0.2, 0.25) is 0 Å². The van der Waals surface area contributed by atoms with Gasteiger partial charge in [0.05, 0.1) is 7.11 Å². The van der Waals surface area contributed by atoms with Crippen LogP contribution in [0, 0.1) is 0 Å². The van der Waals surface area contributed by atoms with E-state index in [1.807, 2.05) is 0 Å². The fourth-order valence-corrected chi connectivity index (χ4v) is 0.897. The molecule has 1 rings (SSSR count). The molecular weight excluding hydrogens is 224 g/mol. The van der Waals surface area contributed by atoms with Crippen molar-refractivity contribution in [3.63, 3.8) is 0 Å². The Morgan fingerprint density at radius 3 is 2.29 bits per heavy atom. The maximum absolute atomic E-state index is 10.9. The van der Waals surface area contributed by atoms with Crippen molar-refractivity contribution in [3.8, 4) is 11.5 Å². The molecule has 1 aromatic carbocycles. The number of rotatable bonds is 3. The van der Waals surface area contributed by atoms with Crippen LogP contribution in [-0.4, -0.2) is 29.1 Å². The maximum atomic E-state index is 10.9. The Bertz CT molecular complexity index is 423. The number of carbonyl (C=O) groups excluding carboxylic acids is 1. The molecule has 5 heteroatoms. The first-order valence-corrected chi connectivity index (χ1v) is 4.65. The zero-order chi connectivity index (χ0) is 13.4. The number of carbonyl (C=O) groups is 2. The quantitative estimate of drug-likeness (QED) is 0.620. The fraction of sp³-hybridized carbons (Fsp3) is 0.167. The Kier molecular flexibility index (Phi) is 6.10. The number of ketones is 1. The molecule has 1 aromatic rings. The van der Waals surface area contributed by atoms with Gasteiger partial charge in [0.25, 0.3) is 0 Å². The van der Waals surface area contributed by atoms with Crippen molar-refractivity contribution in [1.29, 1.82) is 0 Å². The summed E-state index contributed by atoms with van der Waals surface area (Å²) in [6.45, 7) is 4.42. The lowest BCUT2D eigenvalue weighted by Gasteiger charge is -2.03. The summed E-state index contributed by atoms with van der Waals surface area (Å²) in [5.41, 5.74) is 0.532. The molecule has 0 unspecified atom stereocenters. The Hall–Kier alpha value is -2.30. The van der Waals surface area contributed by atoms with E-state index in [-0.39, 0.29) is 11.5 Å². The number of carboxylic acids is 1. The monoisotopic (exact) mass is 238 g/mol. The van der Waals surface area contributed by atoms with Gasteiger partial charge in [-0.1, -0.05) is 6.58 Å². The van der Waals surface area contributed by atoms with E-state index >= 15 is 0 Å². The zero-order valence-electron chi connectivity index (χ0n) is 9.64. The van der Waals surface area contributed by atoms with Crippen molar-refractivity contribution < 1.29 is 24.5 Å². The van der Waals surface area contributed by atoms with Gasteiger partial charge in [-0.3, -0.25) is 4.79 Å². The molecule has 2 N–H and O–H groups in total. The van der Waals surface area contributed by atoms with Crippen LogP contribution in [0.1, 0.15) is 17.3 Å². The predicted molar refractivity (Wildman–Crippen MR) is 62.5 cm³/mol. The van der Waals surface area contributed by atoms with Gasteiger partial charge in [0, 0.05) is 11.6 Å². The lowest BCUT2D eigenvalue weighted by molar-refractivity contribution is -0.131. The zero-order valence-corrected chi connectivity index (χ0v) is 9.64. The van der Waals surface area contributed by atoms with E-state index in [1.54, 1.807) is 6.07 Å². The highest BCUT2D eigenvalue weighted by Gasteiger charge is 2.04. The molecule has 0 heterocycles. The Balaban J connectivity index is 0.000000437. The average molecular weight is 238 g/mol.